The lowest BCUT2D eigenvalue weighted by molar-refractivity contribution is 0.601. The van der Waals surface area contributed by atoms with Crippen molar-refractivity contribution in [2.75, 3.05) is 10.5 Å². The van der Waals surface area contributed by atoms with Crippen molar-refractivity contribution in [2.45, 2.75) is 11.8 Å². The van der Waals surface area contributed by atoms with Crippen molar-refractivity contribution in [3.05, 3.63) is 48.0 Å². The largest absolute Gasteiger partial charge is 0.399 e. The van der Waals surface area contributed by atoms with Gasteiger partial charge in [-0.25, -0.2) is 18.1 Å². The van der Waals surface area contributed by atoms with Crippen molar-refractivity contribution in [1.82, 2.24) is 9.97 Å². The lowest BCUT2D eigenvalue weighted by Gasteiger charge is -2.07. The van der Waals surface area contributed by atoms with Gasteiger partial charge < -0.3 is 10.7 Å². The van der Waals surface area contributed by atoms with E-state index in [2.05, 4.69) is 14.7 Å². The summed E-state index contributed by atoms with van der Waals surface area (Å²) in [7, 11) is -3.73. The number of nitrogens with zero attached hydrogens (tertiary/aromatic N) is 1. The Hall–Kier alpha value is -2.54. The molecular formula is C14H14N4O2S. The quantitative estimate of drug-likeness (QED) is 0.646. The molecule has 108 valence electrons. The molecule has 0 saturated heterocycles. The molecule has 3 rings (SSSR count). The molecule has 0 fully saturated rings. The first kappa shape index (κ1) is 13.4. The molecule has 6 nitrogen and oxygen atoms in total. The predicted octanol–water partition coefficient (Wildman–Crippen LogP) is 2.25. The zero-order valence-electron chi connectivity index (χ0n) is 11.3. The minimum absolute atomic E-state index is 0.112. The van der Waals surface area contributed by atoms with E-state index in [0.717, 1.165) is 11.1 Å². The van der Waals surface area contributed by atoms with E-state index in [-0.39, 0.29) is 10.8 Å². The van der Waals surface area contributed by atoms with Crippen LogP contribution in [-0.4, -0.2) is 18.4 Å². The average Bonchev–Trinajstić information content (AvgIpc) is 2.78. The van der Waals surface area contributed by atoms with Crippen molar-refractivity contribution < 1.29 is 8.42 Å². The first-order valence-electron chi connectivity index (χ1n) is 6.29. The van der Waals surface area contributed by atoms with Crippen LogP contribution in [0.3, 0.4) is 0 Å². The molecule has 0 unspecified atom stereocenters. The Morgan fingerprint density at radius 1 is 1.19 bits per heavy atom. The zero-order valence-corrected chi connectivity index (χ0v) is 12.1. The molecular weight excluding hydrogens is 288 g/mol. The highest BCUT2D eigenvalue weighted by Crippen LogP contribution is 2.20. The second-order valence-corrected chi connectivity index (χ2v) is 6.47. The van der Waals surface area contributed by atoms with Crippen LogP contribution in [0.15, 0.2) is 47.4 Å². The number of nitrogens with one attached hydrogen (secondary N) is 2. The van der Waals surface area contributed by atoms with Crippen molar-refractivity contribution >= 4 is 32.7 Å². The van der Waals surface area contributed by atoms with E-state index in [9.17, 15) is 8.42 Å². The van der Waals surface area contributed by atoms with E-state index >= 15 is 0 Å². The van der Waals surface area contributed by atoms with Crippen molar-refractivity contribution in [1.29, 1.82) is 0 Å². The van der Waals surface area contributed by atoms with Crippen LogP contribution in [0, 0.1) is 6.92 Å². The lowest BCUT2D eigenvalue weighted by atomic mass is 10.2. The number of nitrogen functional groups attached to an aromatic ring is 1. The summed E-state index contributed by atoms with van der Waals surface area (Å²) in [6, 6.07) is 12.0. The van der Waals surface area contributed by atoms with Gasteiger partial charge in [-0.2, -0.15) is 0 Å². The number of benzene rings is 2. The maximum absolute atomic E-state index is 12.4. The van der Waals surface area contributed by atoms with E-state index in [1.807, 2.05) is 18.2 Å². The number of rotatable bonds is 3. The van der Waals surface area contributed by atoms with E-state index < -0.39 is 10.0 Å². The molecule has 7 heteroatoms. The van der Waals surface area contributed by atoms with Gasteiger partial charge >= 0.3 is 0 Å². The van der Waals surface area contributed by atoms with Crippen LogP contribution in [0.2, 0.25) is 0 Å². The predicted molar refractivity (Wildman–Crippen MR) is 82.5 cm³/mol. The molecule has 0 radical (unpaired) electrons. The molecule has 21 heavy (non-hydrogen) atoms. The summed E-state index contributed by atoms with van der Waals surface area (Å²) in [5.41, 5.74) is 8.33. The minimum atomic E-state index is -3.73. The monoisotopic (exact) mass is 302 g/mol. The second kappa shape index (κ2) is 4.78. The van der Waals surface area contributed by atoms with Gasteiger partial charge in [0.25, 0.3) is 10.0 Å². The molecule has 4 N–H and O–H groups in total. The number of anilines is 2. The fraction of sp³-hybridized carbons (Fsp3) is 0.0714. The van der Waals surface area contributed by atoms with E-state index in [0.29, 0.717) is 11.2 Å². The normalized spacial score (nSPS) is 11.7. The summed E-state index contributed by atoms with van der Waals surface area (Å²) in [4.78, 5) is 7.22. The Kier molecular flexibility index (Phi) is 3.06. The van der Waals surface area contributed by atoms with Gasteiger partial charge in [-0.05, 0) is 42.8 Å². The number of hydrogen-bond acceptors (Lipinski definition) is 4. The smallest absolute Gasteiger partial charge is 0.264 e. The maximum Gasteiger partial charge on any atom is 0.264 e. The van der Waals surface area contributed by atoms with Gasteiger partial charge in [0.1, 0.15) is 0 Å². The van der Waals surface area contributed by atoms with Crippen LogP contribution in [-0.2, 0) is 10.0 Å². The van der Waals surface area contributed by atoms with Gasteiger partial charge in [0.05, 0.1) is 15.9 Å². The number of aromatic amines is 1. The van der Waals surface area contributed by atoms with Crippen LogP contribution >= 0.6 is 0 Å². The van der Waals surface area contributed by atoms with E-state index in [1.54, 1.807) is 25.1 Å². The van der Waals surface area contributed by atoms with Gasteiger partial charge in [-0.15, -0.1) is 0 Å². The van der Waals surface area contributed by atoms with Crippen molar-refractivity contribution in [3.63, 3.8) is 0 Å². The average molecular weight is 302 g/mol. The first-order valence-corrected chi connectivity index (χ1v) is 7.77. The lowest BCUT2D eigenvalue weighted by Crippen LogP contribution is -2.14. The summed E-state index contributed by atoms with van der Waals surface area (Å²) < 4.78 is 27.1. The Morgan fingerprint density at radius 2 is 1.95 bits per heavy atom. The molecule has 0 aliphatic rings. The molecule has 0 bridgehead atoms. The number of sulfonamides is 1. The molecule has 0 aliphatic heterocycles. The highest BCUT2D eigenvalue weighted by molar-refractivity contribution is 7.92. The summed E-state index contributed by atoms with van der Waals surface area (Å²) in [5, 5.41) is 0. The number of imidazole rings is 1. The van der Waals surface area contributed by atoms with Gasteiger partial charge in [0.15, 0.2) is 0 Å². The zero-order chi connectivity index (χ0) is 15.0. The Labute approximate surface area is 122 Å². The van der Waals surface area contributed by atoms with Crippen molar-refractivity contribution in [3.8, 4) is 0 Å². The second-order valence-electron chi connectivity index (χ2n) is 4.79. The van der Waals surface area contributed by atoms with Crippen LogP contribution in [0.5, 0.6) is 0 Å². The number of nitrogens with two attached hydrogens (primary N) is 1. The highest BCUT2D eigenvalue weighted by atomic mass is 32.2. The number of aryl methyl sites for hydroxylation is 1. The summed E-state index contributed by atoms with van der Waals surface area (Å²) >= 11 is 0. The Bertz CT molecular complexity index is 862. The molecule has 0 spiro atoms. The summed E-state index contributed by atoms with van der Waals surface area (Å²) in [6.07, 6.45) is 0. The van der Waals surface area contributed by atoms with Crippen LogP contribution in [0.1, 0.15) is 5.56 Å². The van der Waals surface area contributed by atoms with Crippen LogP contribution in [0.25, 0.3) is 11.0 Å². The summed E-state index contributed by atoms with van der Waals surface area (Å²) in [6.45, 7) is 1.79. The molecule has 3 aromatic rings. The topological polar surface area (TPSA) is 101 Å². The summed E-state index contributed by atoms with van der Waals surface area (Å²) in [5.74, 6) is 0.177. The third kappa shape index (κ3) is 2.68. The number of fused-ring (bicyclic) bond motifs is 1. The fourth-order valence-corrected chi connectivity index (χ4v) is 3.22. The van der Waals surface area contributed by atoms with E-state index in [1.165, 1.54) is 6.07 Å². The molecule has 1 aromatic heterocycles. The van der Waals surface area contributed by atoms with Crippen LogP contribution in [0.4, 0.5) is 11.6 Å². The van der Waals surface area contributed by atoms with Crippen LogP contribution < -0.4 is 10.5 Å². The third-order valence-corrected chi connectivity index (χ3v) is 4.32. The number of hydrogen-bond donors (Lipinski definition) is 3. The molecule has 0 atom stereocenters. The van der Waals surface area contributed by atoms with Gasteiger partial charge in [0, 0.05) is 5.69 Å². The van der Waals surface area contributed by atoms with Gasteiger partial charge in [0.2, 0.25) is 5.95 Å². The molecule has 1 heterocycles. The highest BCUT2D eigenvalue weighted by Gasteiger charge is 2.17. The number of aromatic nitrogens is 2. The van der Waals surface area contributed by atoms with Gasteiger partial charge in [-0.3, -0.25) is 0 Å². The Balaban J connectivity index is 1.98. The minimum Gasteiger partial charge on any atom is -0.399 e. The molecule has 0 saturated carbocycles. The third-order valence-electron chi connectivity index (χ3n) is 3.00. The SMILES string of the molecule is Cc1cc(N)cc(S(=O)(=O)Nc2nc3ccccc3[nH]2)c1. The molecule has 2 aromatic carbocycles. The number of H-pyrrole nitrogens is 1. The fourth-order valence-electron chi connectivity index (χ4n) is 2.12. The first-order chi connectivity index (χ1) is 9.94. The maximum atomic E-state index is 12.4. The standard InChI is InChI=1S/C14H14N4O2S/c1-9-6-10(15)8-11(7-9)21(19,20)18-14-16-12-4-2-3-5-13(12)17-14/h2-8H,15H2,1H3,(H2,16,17,18). The van der Waals surface area contributed by atoms with Crippen molar-refractivity contribution in [2.24, 2.45) is 0 Å². The Morgan fingerprint density at radius 3 is 2.67 bits per heavy atom. The van der Waals surface area contributed by atoms with E-state index in [4.69, 9.17) is 5.73 Å². The molecule has 0 aliphatic carbocycles. The number of para-hydroxylation sites is 2. The molecule has 0 amide bonds. The van der Waals surface area contributed by atoms with Gasteiger partial charge in [-0.1, -0.05) is 12.1 Å².